The monoisotopic (exact) mass is 348 g/mol. The van der Waals surface area contributed by atoms with Gasteiger partial charge in [0.25, 0.3) is 5.91 Å². The first-order valence-corrected chi connectivity index (χ1v) is 8.51. The normalized spacial score (nSPS) is 14.6. The van der Waals surface area contributed by atoms with Gasteiger partial charge in [-0.3, -0.25) is 4.79 Å². The van der Waals surface area contributed by atoms with Gasteiger partial charge in [-0.2, -0.15) is 0 Å². The van der Waals surface area contributed by atoms with Gasteiger partial charge >= 0.3 is 0 Å². The fourth-order valence-electron chi connectivity index (χ4n) is 2.82. The minimum atomic E-state index is -0.187. The summed E-state index contributed by atoms with van der Waals surface area (Å²) in [5.74, 6) is -0.187. The lowest BCUT2D eigenvalue weighted by atomic mass is 10.1. The van der Waals surface area contributed by atoms with Crippen LogP contribution >= 0.6 is 23.2 Å². The Labute approximate surface area is 146 Å². The van der Waals surface area contributed by atoms with Crippen molar-refractivity contribution in [2.24, 2.45) is 0 Å². The molecule has 0 saturated carbocycles. The third kappa shape index (κ3) is 3.80. The molecule has 23 heavy (non-hydrogen) atoms. The van der Waals surface area contributed by atoms with E-state index in [4.69, 9.17) is 23.2 Å². The highest BCUT2D eigenvalue weighted by Gasteiger charge is 2.16. The van der Waals surface area contributed by atoms with Crippen LogP contribution in [0.25, 0.3) is 0 Å². The number of piperidine rings is 1. The Morgan fingerprint density at radius 2 is 1.70 bits per heavy atom. The molecule has 120 valence electrons. The average molecular weight is 349 g/mol. The van der Waals surface area contributed by atoms with Crippen molar-refractivity contribution in [1.82, 2.24) is 0 Å². The third-order valence-corrected chi connectivity index (χ3v) is 4.77. The lowest BCUT2D eigenvalue weighted by molar-refractivity contribution is 0.102. The molecule has 5 heteroatoms. The van der Waals surface area contributed by atoms with E-state index in [1.165, 1.54) is 19.3 Å². The number of halogens is 2. The van der Waals surface area contributed by atoms with Crippen molar-refractivity contribution in [2.75, 3.05) is 23.3 Å². The molecule has 3 nitrogen and oxygen atoms in total. The second kappa shape index (κ2) is 7.24. The summed E-state index contributed by atoms with van der Waals surface area (Å²) in [4.78, 5) is 14.8. The van der Waals surface area contributed by atoms with E-state index in [0.717, 1.165) is 24.5 Å². The van der Waals surface area contributed by atoms with Crippen molar-refractivity contribution < 1.29 is 4.79 Å². The Balaban J connectivity index is 1.82. The second-order valence-corrected chi connectivity index (χ2v) is 6.46. The molecule has 1 aliphatic heterocycles. The Morgan fingerprint density at radius 1 is 0.957 bits per heavy atom. The van der Waals surface area contributed by atoms with E-state index in [9.17, 15) is 4.79 Å². The minimum Gasteiger partial charge on any atom is -0.370 e. The summed E-state index contributed by atoms with van der Waals surface area (Å²) >= 11 is 11.9. The fraction of sp³-hybridized carbons (Fsp3) is 0.278. The quantitative estimate of drug-likeness (QED) is 0.822. The van der Waals surface area contributed by atoms with E-state index in [2.05, 4.69) is 16.3 Å². The molecular formula is C18H18Cl2N2O. The molecule has 2 aromatic carbocycles. The molecule has 0 aliphatic carbocycles. The maximum absolute atomic E-state index is 12.5. The molecule has 1 aliphatic rings. The first-order chi connectivity index (χ1) is 11.1. The van der Waals surface area contributed by atoms with Crippen molar-refractivity contribution in [2.45, 2.75) is 19.3 Å². The van der Waals surface area contributed by atoms with Gasteiger partial charge in [-0.05, 0) is 49.6 Å². The smallest absolute Gasteiger partial charge is 0.255 e. The van der Waals surface area contributed by atoms with Crippen LogP contribution in [0.3, 0.4) is 0 Å². The van der Waals surface area contributed by atoms with Crippen molar-refractivity contribution in [3.63, 3.8) is 0 Å². The van der Waals surface area contributed by atoms with Crippen molar-refractivity contribution in [3.05, 3.63) is 58.1 Å². The van der Waals surface area contributed by atoms with Crippen LogP contribution in [0.2, 0.25) is 10.0 Å². The number of amides is 1. The summed E-state index contributed by atoms with van der Waals surface area (Å²) in [7, 11) is 0. The topological polar surface area (TPSA) is 32.3 Å². The Bertz CT molecular complexity index is 712. The molecule has 0 spiro atoms. The zero-order valence-electron chi connectivity index (χ0n) is 12.7. The number of nitrogens with zero attached hydrogens (tertiary/aromatic N) is 1. The number of nitrogens with one attached hydrogen (secondary N) is 1. The first kappa shape index (κ1) is 16.2. The van der Waals surface area contributed by atoms with E-state index in [-0.39, 0.29) is 5.91 Å². The van der Waals surface area contributed by atoms with Crippen LogP contribution in [-0.4, -0.2) is 19.0 Å². The van der Waals surface area contributed by atoms with Crippen LogP contribution in [0, 0.1) is 0 Å². The molecule has 0 aromatic heterocycles. The molecule has 0 atom stereocenters. The zero-order chi connectivity index (χ0) is 16.2. The molecule has 2 aromatic rings. The summed E-state index contributed by atoms with van der Waals surface area (Å²) < 4.78 is 0. The minimum absolute atomic E-state index is 0.187. The number of anilines is 2. The first-order valence-electron chi connectivity index (χ1n) is 7.75. The van der Waals surface area contributed by atoms with Crippen LogP contribution in [0.15, 0.2) is 42.5 Å². The number of hydrogen-bond acceptors (Lipinski definition) is 2. The molecule has 3 rings (SSSR count). The van der Waals surface area contributed by atoms with Crippen LogP contribution in [0.4, 0.5) is 11.4 Å². The molecule has 1 N–H and O–H groups in total. The third-order valence-electron chi connectivity index (χ3n) is 4.03. The molecule has 0 unspecified atom stereocenters. The van der Waals surface area contributed by atoms with Crippen LogP contribution < -0.4 is 10.2 Å². The number of para-hydroxylation sites is 2. The van der Waals surface area contributed by atoms with E-state index < -0.39 is 0 Å². The standard InChI is InChI=1S/C18H18Cl2N2O/c19-14-9-8-13(12-15(14)20)18(23)21-16-6-2-3-7-17(16)22-10-4-1-5-11-22/h2-3,6-9,12H,1,4-5,10-11H2,(H,21,23). The summed E-state index contributed by atoms with van der Waals surface area (Å²) in [5, 5.41) is 3.81. The predicted octanol–water partition coefficient (Wildman–Crippen LogP) is 5.24. The van der Waals surface area contributed by atoms with Crippen molar-refractivity contribution in [1.29, 1.82) is 0 Å². The number of hydrogen-bond donors (Lipinski definition) is 1. The SMILES string of the molecule is O=C(Nc1ccccc1N1CCCCC1)c1ccc(Cl)c(Cl)c1. The van der Waals surface area contributed by atoms with E-state index >= 15 is 0 Å². The predicted molar refractivity (Wildman–Crippen MR) is 96.9 cm³/mol. The number of benzene rings is 2. The molecule has 1 amide bonds. The van der Waals surface area contributed by atoms with Crippen molar-refractivity contribution >= 4 is 40.5 Å². The maximum Gasteiger partial charge on any atom is 0.255 e. The summed E-state index contributed by atoms with van der Waals surface area (Å²) in [6, 6.07) is 12.8. The lowest BCUT2D eigenvalue weighted by Crippen LogP contribution is -2.30. The van der Waals surface area contributed by atoms with Gasteiger partial charge in [-0.25, -0.2) is 0 Å². The number of carbonyl (C=O) groups excluding carboxylic acids is 1. The Morgan fingerprint density at radius 3 is 2.43 bits per heavy atom. The molecule has 0 radical (unpaired) electrons. The highest BCUT2D eigenvalue weighted by atomic mass is 35.5. The van der Waals surface area contributed by atoms with Gasteiger partial charge in [-0.15, -0.1) is 0 Å². The van der Waals surface area contributed by atoms with Crippen LogP contribution in [-0.2, 0) is 0 Å². The molecule has 1 saturated heterocycles. The largest absolute Gasteiger partial charge is 0.370 e. The maximum atomic E-state index is 12.5. The molecule has 1 heterocycles. The van der Waals surface area contributed by atoms with E-state index in [1.807, 2.05) is 18.2 Å². The number of carbonyl (C=O) groups is 1. The van der Waals surface area contributed by atoms with Gasteiger partial charge in [0.15, 0.2) is 0 Å². The van der Waals surface area contributed by atoms with E-state index in [1.54, 1.807) is 18.2 Å². The lowest BCUT2D eigenvalue weighted by Gasteiger charge is -2.30. The summed E-state index contributed by atoms with van der Waals surface area (Å²) in [6.45, 7) is 2.05. The highest BCUT2D eigenvalue weighted by Crippen LogP contribution is 2.29. The average Bonchev–Trinajstić information content (AvgIpc) is 2.58. The summed E-state index contributed by atoms with van der Waals surface area (Å²) in [5.41, 5.74) is 2.39. The molecule has 1 fully saturated rings. The Hall–Kier alpha value is -1.71. The van der Waals surface area contributed by atoms with Crippen LogP contribution in [0.1, 0.15) is 29.6 Å². The highest BCUT2D eigenvalue weighted by molar-refractivity contribution is 6.42. The second-order valence-electron chi connectivity index (χ2n) is 5.65. The zero-order valence-corrected chi connectivity index (χ0v) is 14.2. The number of rotatable bonds is 3. The summed E-state index contributed by atoms with van der Waals surface area (Å²) in [6.07, 6.45) is 3.65. The van der Waals surface area contributed by atoms with Crippen LogP contribution in [0.5, 0.6) is 0 Å². The van der Waals surface area contributed by atoms with Gasteiger partial charge in [0.1, 0.15) is 0 Å². The molecule has 0 bridgehead atoms. The van der Waals surface area contributed by atoms with Crippen molar-refractivity contribution in [3.8, 4) is 0 Å². The Kier molecular flexibility index (Phi) is 5.09. The van der Waals surface area contributed by atoms with Gasteiger partial charge in [0.05, 0.1) is 21.4 Å². The van der Waals surface area contributed by atoms with Gasteiger partial charge < -0.3 is 10.2 Å². The van der Waals surface area contributed by atoms with Gasteiger partial charge in [0.2, 0.25) is 0 Å². The van der Waals surface area contributed by atoms with Gasteiger partial charge in [-0.1, -0.05) is 35.3 Å². The molecular weight excluding hydrogens is 331 g/mol. The van der Waals surface area contributed by atoms with E-state index in [0.29, 0.717) is 15.6 Å². The fourth-order valence-corrected chi connectivity index (χ4v) is 3.12. The van der Waals surface area contributed by atoms with Gasteiger partial charge in [0, 0.05) is 18.7 Å².